The van der Waals surface area contributed by atoms with E-state index < -0.39 is 0 Å². The van der Waals surface area contributed by atoms with Crippen molar-refractivity contribution in [2.75, 3.05) is 0 Å². The van der Waals surface area contributed by atoms with E-state index in [0.29, 0.717) is 0 Å². The summed E-state index contributed by atoms with van der Waals surface area (Å²) in [6, 6.07) is 55.4. The molecule has 0 unspecified atom stereocenters. The van der Waals surface area contributed by atoms with Crippen LogP contribution in [0.2, 0.25) is 0 Å². The van der Waals surface area contributed by atoms with Gasteiger partial charge >= 0.3 is 0 Å². The summed E-state index contributed by atoms with van der Waals surface area (Å²) >= 11 is 0. The van der Waals surface area contributed by atoms with Gasteiger partial charge in [-0.2, -0.15) is 0 Å². The highest BCUT2D eigenvalue weighted by atomic mass is 14.7. The van der Waals surface area contributed by atoms with Crippen molar-refractivity contribution in [2.45, 2.75) is 37.5 Å². The van der Waals surface area contributed by atoms with Gasteiger partial charge in [0, 0.05) is 46.9 Å². The van der Waals surface area contributed by atoms with E-state index >= 15 is 0 Å². The van der Waals surface area contributed by atoms with Crippen molar-refractivity contribution in [2.24, 2.45) is 0 Å². The molecule has 10 rings (SSSR count). The summed E-state index contributed by atoms with van der Waals surface area (Å²) in [6.45, 7) is 0. The van der Waals surface area contributed by atoms with Gasteiger partial charge in [0.05, 0.1) is 11.4 Å². The largest absolute Gasteiger partial charge is 0.264 e. The van der Waals surface area contributed by atoms with E-state index in [-0.39, 0.29) is 5.41 Å². The molecule has 3 aromatic heterocycles. The molecule has 0 bridgehead atoms. The molecule has 2 aliphatic rings. The van der Waals surface area contributed by atoms with Gasteiger partial charge < -0.3 is 0 Å². The zero-order chi connectivity index (χ0) is 35.9. The molecular weight excluding hydrogens is 655 g/mol. The summed E-state index contributed by atoms with van der Waals surface area (Å²) in [4.78, 5) is 13.9. The first-order valence-corrected chi connectivity index (χ1v) is 19.1. The Labute approximate surface area is 317 Å². The second-order valence-electron chi connectivity index (χ2n) is 14.8. The summed E-state index contributed by atoms with van der Waals surface area (Å²) in [5.41, 5.74) is 19.4. The lowest BCUT2D eigenvalue weighted by atomic mass is 9.67. The van der Waals surface area contributed by atoms with Gasteiger partial charge in [0.15, 0.2) is 0 Å². The van der Waals surface area contributed by atoms with Crippen LogP contribution in [0.1, 0.15) is 43.2 Å². The van der Waals surface area contributed by atoms with Crippen LogP contribution in [0.4, 0.5) is 0 Å². The Bertz CT molecular complexity index is 2560. The lowest BCUT2D eigenvalue weighted by molar-refractivity contribution is 0.353. The standard InChI is InChI=1S/C51H39N3/c1-4-24-51(25-5-1)47-17-3-2-16-45(47)46-23-22-40(30-48(46)51)36-20-18-35(19-21-36)37-10-6-11-38(28-37)39-12-7-13-41(29-39)49-31-44(42-14-8-26-52-33-42)32-50(54-49)43-15-9-27-53-34-43/h2-3,6-23,26-34H,1,4-5,24-25H2. The van der Waals surface area contributed by atoms with Crippen LogP contribution in [0.25, 0.3) is 78.1 Å². The molecule has 2 aliphatic carbocycles. The molecule has 0 aliphatic heterocycles. The van der Waals surface area contributed by atoms with Crippen molar-refractivity contribution in [3.8, 4) is 78.1 Å². The van der Waals surface area contributed by atoms with E-state index in [4.69, 9.17) is 4.98 Å². The van der Waals surface area contributed by atoms with Crippen molar-refractivity contribution < 1.29 is 0 Å². The van der Waals surface area contributed by atoms with E-state index in [1.807, 2.05) is 24.5 Å². The number of rotatable bonds is 6. The SMILES string of the molecule is c1cncc(-c2cc(-c3cccnc3)nc(-c3cccc(-c4cccc(-c5ccc(-c6ccc7c(c6)C6(CCCCC6)c6ccccc6-7)cc5)c4)c3)c2)c1. The van der Waals surface area contributed by atoms with E-state index in [1.165, 1.54) is 76.6 Å². The van der Waals surface area contributed by atoms with Crippen LogP contribution in [-0.4, -0.2) is 15.0 Å². The average molecular weight is 694 g/mol. The van der Waals surface area contributed by atoms with Gasteiger partial charge in [-0.15, -0.1) is 0 Å². The Kier molecular flexibility index (Phi) is 8.06. The number of hydrogen-bond donors (Lipinski definition) is 0. The van der Waals surface area contributed by atoms with Crippen LogP contribution in [0.5, 0.6) is 0 Å². The fraction of sp³-hybridized carbons (Fsp3) is 0.118. The monoisotopic (exact) mass is 693 g/mol. The third-order valence-corrected chi connectivity index (χ3v) is 11.7. The molecule has 1 fully saturated rings. The number of pyridine rings is 3. The van der Waals surface area contributed by atoms with Crippen LogP contribution in [0.15, 0.2) is 176 Å². The second-order valence-corrected chi connectivity index (χ2v) is 14.8. The van der Waals surface area contributed by atoms with Crippen molar-refractivity contribution in [3.63, 3.8) is 0 Å². The maximum Gasteiger partial charge on any atom is 0.0731 e. The Hall–Kier alpha value is -6.45. The molecule has 3 nitrogen and oxygen atoms in total. The number of fused-ring (bicyclic) bond motifs is 5. The first-order chi connectivity index (χ1) is 26.7. The molecule has 0 amide bonds. The lowest BCUT2D eigenvalue weighted by Gasteiger charge is -2.36. The summed E-state index contributed by atoms with van der Waals surface area (Å²) in [6.07, 6.45) is 13.8. The van der Waals surface area contributed by atoms with Gasteiger partial charge in [0.1, 0.15) is 0 Å². The van der Waals surface area contributed by atoms with E-state index in [2.05, 4.69) is 149 Å². The van der Waals surface area contributed by atoms with Crippen LogP contribution in [0, 0.1) is 0 Å². The zero-order valence-electron chi connectivity index (χ0n) is 30.1. The fourth-order valence-electron chi connectivity index (χ4n) is 8.96. The Morgan fingerprint density at radius 2 is 0.889 bits per heavy atom. The Balaban J connectivity index is 0.958. The van der Waals surface area contributed by atoms with E-state index in [9.17, 15) is 0 Å². The van der Waals surface area contributed by atoms with Crippen molar-refractivity contribution in [3.05, 3.63) is 188 Å². The molecule has 1 spiro atoms. The van der Waals surface area contributed by atoms with Crippen LogP contribution in [0.3, 0.4) is 0 Å². The molecule has 258 valence electrons. The molecule has 0 radical (unpaired) electrons. The first-order valence-electron chi connectivity index (χ1n) is 19.1. The third-order valence-electron chi connectivity index (χ3n) is 11.7. The van der Waals surface area contributed by atoms with E-state index in [1.54, 1.807) is 18.0 Å². The van der Waals surface area contributed by atoms with Gasteiger partial charge in [-0.25, -0.2) is 4.98 Å². The topological polar surface area (TPSA) is 38.7 Å². The number of hydrogen-bond acceptors (Lipinski definition) is 3. The highest BCUT2D eigenvalue weighted by Gasteiger charge is 2.43. The van der Waals surface area contributed by atoms with Gasteiger partial charge in [-0.3, -0.25) is 9.97 Å². The molecule has 54 heavy (non-hydrogen) atoms. The van der Waals surface area contributed by atoms with Gasteiger partial charge in [0.25, 0.3) is 0 Å². The van der Waals surface area contributed by atoms with Gasteiger partial charge in [-0.05, 0) is 123 Å². The normalized spacial score (nSPS) is 14.1. The predicted molar refractivity (Wildman–Crippen MR) is 222 cm³/mol. The third kappa shape index (κ3) is 5.74. The minimum atomic E-state index is 0.164. The molecule has 5 aromatic carbocycles. The molecule has 3 heterocycles. The van der Waals surface area contributed by atoms with Gasteiger partial charge in [-0.1, -0.05) is 122 Å². The molecule has 8 aromatic rings. The lowest BCUT2D eigenvalue weighted by Crippen LogP contribution is -2.28. The summed E-state index contributed by atoms with van der Waals surface area (Å²) < 4.78 is 0. The zero-order valence-corrected chi connectivity index (χ0v) is 30.1. The van der Waals surface area contributed by atoms with Crippen molar-refractivity contribution in [1.82, 2.24) is 15.0 Å². The quantitative estimate of drug-likeness (QED) is 0.174. The second kappa shape index (κ2) is 13.5. The number of nitrogens with zero attached hydrogens (tertiary/aromatic N) is 3. The fourth-order valence-corrected chi connectivity index (χ4v) is 8.96. The average Bonchev–Trinajstić information content (AvgIpc) is 3.52. The smallest absolute Gasteiger partial charge is 0.0731 e. The number of benzene rings is 5. The molecule has 3 heteroatoms. The predicted octanol–water partition coefficient (Wildman–Crippen LogP) is 13.1. The highest BCUT2D eigenvalue weighted by molar-refractivity contribution is 5.85. The summed E-state index contributed by atoms with van der Waals surface area (Å²) in [5, 5.41) is 0. The number of aromatic nitrogens is 3. The Morgan fingerprint density at radius 1 is 0.352 bits per heavy atom. The molecular formula is C51H39N3. The summed E-state index contributed by atoms with van der Waals surface area (Å²) in [7, 11) is 0. The highest BCUT2D eigenvalue weighted by Crippen LogP contribution is 2.56. The molecule has 0 atom stereocenters. The van der Waals surface area contributed by atoms with Crippen LogP contribution >= 0.6 is 0 Å². The molecule has 0 saturated heterocycles. The maximum atomic E-state index is 5.13. The minimum absolute atomic E-state index is 0.164. The van der Waals surface area contributed by atoms with Gasteiger partial charge in [0.2, 0.25) is 0 Å². The van der Waals surface area contributed by atoms with Crippen molar-refractivity contribution >= 4 is 0 Å². The van der Waals surface area contributed by atoms with Crippen LogP contribution in [-0.2, 0) is 5.41 Å². The first kappa shape index (κ1) is 32.2. The summed E-state index contributed by atoms with van der Waals surface area (Å²) in [5.74, 6) is 0. The van der Waals surface area contributed by atoms with Crippen molar-refractivity contribution in [1.29, 1.82) is 0 Å². The maximum absolute atomic E-state index is 5.13. The Morgan fingerprint density at radius 3 is 1.57 bits per heavy atom. The van der Waals surface area contributed by atoms with E-state index in [0.717, 1.165) is 39.2 Å². The van der Waals surface area contributed by atoms with Crippen LogP contribution < -0.4 is 0 Å². The molecule has 0 N–H and O–H groups in total. The molecule has 1 saturated carbocycles. The minimum Gasteiger partial charge on any atom is -0.264 e.